The summed E-state index contributed by atoms with van der Waals surface area (Å²) in [5.41, 5.74) is 2.89. The summed E-state index contributed by atoms with van der Waals surface area (Å²) in [6.45, 7) is 1.97. The number of hydrogen-bond acceptors (Lipinski definition) is 2. The van der Waals surface area contributed by atoms with Crippen LogP contribution in [0.4, 0.5) is 0 Å². The molecule has 0 bridgehead atoms. The first-order valence-corrected chi connectivity index (χ1v) is 2.01. The molecule has 3 heteroatoms. The normalized spacial score (nSPS) is 9.33. The molecule has 0 spiro atoms. The second kappa shape index (κ2) is 3.19. The molecule has 2 nitrogen and oxygen atoms in total. The fourth-order valence-corrected chi connectivity index (χ4v) is 0.129. The molecule has 0 aliphatic heterocycles. The van der Waals surface area contributed by atoms with Crippen LogP contribution in [0.5, 0.6) is 0 Å². The van der Waals surface area contributed by atoms with Gasteiger partial charge in [0.25, 0.3) is 0 Å². The number of hydrogen-bond donors (Lipinski definition) is 1. The topological polar surface area (TPSA) is 15.3 Å². The van der Waals surface area contributed by atoms with Crippen LogP contribution < -0.4 is 5.43 Å². The molecule has 6 heavy (non-hydrogen) atoms. The highest BCUT2D eigenvalue weighted by Gasteiger charge is 1.83. The molecule has 0 saturated heterocycles. The third-order valence-corrected chi connectivity index (χ3v) is 0.740. The van der Waals surface area contributed by atoms with Crippen molar-refractivity contribution in [3.63, 3.8) is 0 Å². The largest absolute Gasteiger partial charge is 0.294 e. The van der Waals surface area contributed by atoms with Crippen molar-refractivity contribution in [2.24, 2.45) is 0 Å². The van der Waals surface area contributed by atoms with E-state index >= 15 is 0 Å². The van der Waals surface area contributed by atoms with Gasteiger partial charge in [0, 0.05) is 0 Å². The van der Waals surface area contributed by atoms with Crippen LogP contribution in [0.25, 0.3) is 0 Å². The molecular formula is C3H10BN2. The first kappa shape index (κ1) is 5.98. The first-order valence-electron chi connectivity index (χ1n) is 2.01. The van der Waals surface area contributed by atoms with Crippen LogP contribution in [0.1, 0.15) is 0 Å². The molecule has 0 rings (SSSR count). The van der Waals surface area contributed by atoms with E-state index in [1.54, 1.807) is 0 Å². The molecule has 0 aromatic carbocycles. The van der Waals surface area contributed by atoms with E-state index in [0.717, 1.165) is 0 Å². The lowest BCUT2D eigenvalue weighted by molar-refractivity contribution is 0.437. The molecule has 0 unspecified atom stereocenters. The van der Waals surface area contributed by atoms with Crippen molar-refractivity contribution in [2.45, 2.75) is 6.82 Å². The van der Waals surface area contributed by atoms with E-state index in [0.29, 0.717) is 0 Å². The van der Waals surface area contributed by atoms with E-state index in [4.69, 9.17) is 0 Å². The van der Waals surface area contributed by atoms with Gasteiger partial charge in [-0.1, -0.05) is 6.82 Å². The Kier molecular flexibility index (Phi) is 3.18. The molecule has 0 saturated carbocycles. The quantitative estimate of drug-likeness (QED) is 0.366. The maximum absolute atomic E-state index is 2.89. The third kappa shape index (κ3) is 2.24. The summed E-state index contributed by atoms with van der Waals surface area (Å²) in [6.07, 6.45) is 0. The van der Waals surface area contributed by atoms with E-state index in [2.05, 4.69) is 5.43 Å². The van der Waals surface area contributed by atoms with Crippen molar-refractivity contribution in [3.05, 3.63) is 0 Å². The minimum atomic E-state index is 1.88. The van der Waals surface area contributed by atoms with Crippen molar-refractivity contribution < 1.29 is 0 Å². The van der Waals surface area contributed by atoms with E-state index in [1.165, 1.54) is 0 Å². The molecule has 0 aliphatic carbocycles. The summed E-state index contributed by atoms with van der Waals surface area (Å²) in [7, 11) is 5.76. The second-order valence-electron chi connectivity index (χ2n) is 1.09. The van der Waals surface area contributed by atoms with Crippen LogP contribution in [0.2, 0.25) is 6.82 Å². The Labute approximate surface area is 39.8 Å². The lowest BCUT2D eigenvalue weighted by Crippen LogP contribution is -2.32. The van der Waals surface area contributed by atoms with Crippen LogP contribution in [-0.4, -0.2) is 26.4 Å². The highest BCUT2D eigenvalue weighted by molar-refractivity contribution is 6.29. The SMILES string of the molecule is C[B]N(C)NC. The second-order valence-corrected chi connectivity index (χ2v) is 1.09. The van der Waals surface area contributed by atoms with Gasteiger partial charge < -0.3 is 0 Å². The van der Waals surface area contributed by atoms with Gasteiger partial charge in [0.1, 0.15) is 0 Å². The predicted octanol–water partition coefficient (Wildman–Crippen LogP) is -0.280. The van der Waals surface area contributed by atoms with Crippen LogP contribution in [0, 0.1) is 0 Å². The summed E-state index contributed by atoms with van der Waals surface area (Å²) in [5, 5.41) is 0. The molecule has 0 aromatic heterocycles. The molecule has 0 amide bonds. The van der Waals surface area contributed by atoms with Crippen LogP contribution in [0.3, 0.4) is 0 Å². The maximum atomic E-state index is 2.89. The van der Waals surface area contributed by atoms with E-state index in [-0.39, 0.29) is 0 Å². The summed E-state index contributed by atoms with van der Waals surface area (Å²) in [4.78, 5) is 1.88. The Balaban J connectivity index is 2.75. The first-order chi connectivity index (χ1) is 2.81. The molecule has 0 aliphatic rings. The predicted molar refractivity (Wildman–Crippen MR) is 28.4 cm³/mol. The van der Waals surface area contributed by atoms with E-state index in [9.17, 15) is 0 Å². The molecule has 1 N–H and O–H groups in total. The Bertz CT molecular complexity index is 28.0. The van der Waals surface area contributed by atoms with Crippen molar-refractivity contribution >= 4 is 7.41 Å². The number of nitrogens with zero attached hydrogens (tertiary/aromatic N) is 1. The zero-order valence-electron chi connectivity index (χ0n) is 4.52. The standard InChI is InChI=1S/C3H10BN2/c1-4-6(3)5-2/h5H,1-3H3. The molecular weight excluding hydrogens is 74.9 g/mol. The molecule has 0 atom stereocenters. The summed E-state index contributed by atoms with van der Waals surface area (Å²) >= 11 is 0. The highest BCUT2D eigenvalue weighted by atomic mass is 15.4. The number of rotatable bonds is 2. The molecule has 1 radical (unpaired) electrons. The molecule has 0 heterocycles. The smallest absolute Gasteiger partial charge is 0.226 e. The fraction of sp³-hybridized carbons (Fsp3) is 1.00. The van der Waals surface area contributed by atoms with Crippen LogP contribution in [-0.2, 0) is 0 Å². The van der Waals surface area contributed by atoms with Gasteiger partial charge in [-0.15, -0.1) is 0 Å². The summed E-state index contributed by atoms with van der Waals surface area (Å²) in [6, 6.07) is 0. The zero-order chi connectivity index (χ0) is 4.99. The minimum absolute atomic E-state index is 1.88. The Morgan fingerprint density at radius 3 is 2.17 bits per heavy atom. The molecule has 0 fully saturated rings. The van der Waals surface area contributed by atoms with Gasteiger partial charge >= 0.3 is 0 Å². The van der Waals surface area contributed by atoms with E-state index < -0.39 is 0 Å². The van der Waals surface area contributed by atoms with E-state index in [1.807, 2.05) is 33.3 Å². The monoisotopic (exact) mass is 85.1 g/mol. The van der Waals surface area contributed by atoms with Crippen LogP contribution in [0.15, 0.2) is 0 Å². The number of nitrogens with one attached hydrogen (secondary N) is 1. The van der Waals surface area contributed by atoms with Gasteiger partial charge in [-0.2, -0.15) is 0 Å². The van der Waals surface area contributed by atoms with Gasteiger partial charge in [0.2, 0.25) is 7.41 Å². The van der Waals surface area contributed by atoms with Gasteiger partial charge in [-0.3, -0.25) is 10.3 Å². The Morgan fingerprint density at radius 1 is 1.67 bits per heavy atom. The lowest BCUT2D eigenvalue weighted by atomic mass is 10.0. The number of hydrazine groups is 1. The average Bonchev–Trinajstić information content (AvgIpc) is 1.65. The minimum Gasteiger partial charge on any atom is -0.294 e. The Hall–Kier alpha value is -0.0151. The third-order valence-electron chi connectivity index (χ3n) is 0.740. The Morgan fingerprint density at radius 2 is 2.17 bits per heavy atom. The van der Waals surface area contributed by atoms with Gasteiger partial charge in [0.05, 0.1) is 0 Å². The fourth-order valence-electron chi connectivity index (χ4n) is 0.129. The van der Waals surface area contributed by atoms with Crippen LogP contribution >= 0.6 is 0 Å². The molecule has 35 valence electrons. The van der Waals surface area contributed by atoms with Crippen molar-refractivity contribution in [2.75, 3.05) is 14.1 Å². The van der Waals surface area contributed by atoms with Crippen molar-refractivity contribution in [1.82, 2.24) is 10.3 Å². The maximum Gasteiger partial charge on any atom is 0.226 e. The average molecular weight is 84.9 g/mol. The van der Waals surface area contributed by atoms with Gasteiger partial charge in [-0.05, 0) is 14.1 Å². The highest BCUT2D eigenvalue weighted by Crippen LogP contribution is 1.60. The summed E-state index contributed by atoms with van der Waals surface area (Å²) < 4.78 is 0. The zero-order valence-corrected chi connectivity index (χ0v) is 4.52. The lowest BCUT2D eigenvalue weighted by Gasteiger charge is -2.08. The van der Waals surface area contributed by atoms with Crippen molar-refractivity contribution in [1.29, 1.82) is 0 Å². The summed E-state index contributed by atoms with van der Waals surface area (Å²) in [5.74, 6) is 0. The van der Waals surface area contributed by atoms with Gasteiger partial charge in [0.15, 0.2) is 0 Å². The van der Waals surface area contributed by atoms with Gasteiger partial charge in [-0.25, -0.2) is 0 Å². The molecule has 0 aromatic rings. The van der Waals surface area contributed by atoms with Crippen molar-refractivity contribution in [3.8, 4) is 0 Å².